The highest BCUT2D eigenvalue weighted by molar-refractivity contribution is 7.89. The summed E-state index contributed by atoms with van der Waals surface area (Å²) in [5.41, 5.74) is 3.29. The number of hydrogen-bond donors (Lipinski definition) is 0. The SMILES string of the molecule is Cc1ccc(S(=O)(=O)N2CC=CC(Cc3ccccc3)(c3ccccc3)CC2)cc1. The summed E-state index contributed by atoms with van der Waals surface area (Å²) in [7, 11) is -3.53. The van der Waals surface area contributed by atoms with Crippen LogP contribution >= 0.6 is 0 Å². The molecular formula is C26H27NO2S. The Balaban J connectivity index is 1.66. The molecule has 0 spiro atoms. The van der Waals surface area contributed by atoms with Crippen molar-refractivity contribution in [2.24, 2.45) is 0 Å². The molecule has 1 unspecified atom stereocenters. The lowest BCUT2D eigenvalue weighted by atomic mass is 9.73. The monoisotopic (exact) mass is 417 g/mol. The van der Waals surface area contributed by atoms with Gasteiger partial charge in [-0.05, 0) is 43.0 Å². The first-order valence-corrected chi connectivity index (χ1v) is 11.8. The zero-order valence-corrected chi connectivity index (χ0v) is 18.1. The lowest BCUT2D eigenvalue weighted by Crippen LogP contribution is -2.35. The molecule has 1 atom stereocenters. The summed E-state index contributed by atoms with van der Waals surface area (Å²) in [5.74, 6) is 0. The molecule has 0 radical (unpaired) electrons. The summed E-state index contributed by atoms with van der Waals surface area (Å²) in [6.07, 6.45) is 5.81. The summed E-state index contributed by atoms with van der Waals surface area (Å²) in [5, 5.41) is 0. The Labute approximate surface area is 179 Å². The third-order valence-electron chi connectivity index (χ3n) is 5.92. The zero-order valence-electron chi connectivity index (χ0n) is 17.2. The van der Waals surface area contributed by atoms with E-state index in [1.807, 2.05) is 37.3 Å². The van der Waals surface area contributed by atoms with Crippen LogP contribution in [-0.2, 0) is 21.9 Å². The van der Waals surface area contributed by atoms with E-state index < -0.39 is 10.0 Å². The van der Waals surface area contributed by atoms with Crippen molar-refractivity contribution in [3.63, 3.8) is 0 Å². The molecule has 0 saturated carbocycles. The van der Waals surface area contributed by atoms with Crippen molar-refractivity contribution >= 4 is 10.0 Å². The van der Waals surface area contributed by atoms with Gasteiger partial charge in [-0.2, -0.15) is 4.31 Å². The summed E-state index contributed by atoms with van der Waals surface area (Å²) in [6.45, 7) is 2.83. The van der Waals surface area contributed by atoms with Gasteiger partial charge in [-0.15, -0.1) is 0 Å². The Kier molecular flexibility index (Phi) is 5.89. The quantitative estimate of drug-likeness (QED) is 0.540. The van der Waals surface area contributed by atoms with E-state index in [9.17, 15) is 8.42 Å². The van der Waals surface area contributed by atoms with E-state index >= 15 is 0 Å². The van der Waals surface area contributed by atoms with Crippen LogP contribution in [0.1, 0.15) is 23.1 Å². The van der Waals surface area contributed by atoms with E-state index in [4.69, 9.17) is 0 Å². The molecule has 3 aromatic carbocycles. The fourth-order valence-electron chi connectivity index (χ4n) is 4.19. The van der Waals surface area contributed by atoms with Gasteiger partial charge >= 0.3 is 0 Å². The number of benzene rings is 3. The molecule has 0 N–H and O–H groups in total. The van der Waals surface area contributed by atoms with Crippen molar-refractivity contribution in [3.05, 3.63) is 114 Å². The molecule has 154 valence electrons. The minimum atomic E-state index is -3.53. The first-order valence-electron chi connectivity index (χ1n) is 10.3. The summed E-state index contributed by atoms with van der Waals surface area (Å²) in [6, 6.07) is 28.0. The van der Waals surface area contributed by atoms with Crippen LogP contribution in [0.3, 0.4) is 0 Å². The third kappa shape index (κ3) is 4.25. The van der Waals surface area contributed by atoms with Crippen molar-refractivity contribution in [2.45, 2.75) is 30.1 Å². The normalized spacial score (nSPS) is 20.0. The maximum Gasteiger partial charge on any atom is 0.243 e. The van der Waals surface area contributed by atoms with Gasteiger partial charge in [-0.3, -0.25) is 0 Å². The molecule has 1 heterocycles. The van der Waals surface area contributed by atoms with Crippen LogP contribution in [0.5, 0.6) is 0 Å². The molecule has 0 fully saturated rings. The van der Waals surface area contributed by atoms with Crippen molar-refractivity contribution in [3.8, 4) is 0 Å². The Morgan fingerprint density at radius 3 is 2.17 bits per heavy atom. The van der Waals surface area contributed by atoms with Gasteiger partial charge in [-0.25, -0.2) is 8.42 Å². The van der Waals surface area contributed by atoms with Gasteiger partial charge in [0.1, 0.15) is 0 Å². The van der Waals surface area contributed by atoms with Crippen LogP contribution in [0.25, 0.3) is 0 Å². The highest BCUT2D eigenvalue weighted by atomic mass is 32.2. The van der Waals surface area contributed by atoms with E-state index in [2.05, 4.69) is 54.6 Å². The van der Waals surface area contributed by atoms with Crippen molar-refractivity contribution in [2.75, 3.05) is 13.1 Å². The Hall–Kier alpha value is -2.69. The molecule has 30 heavy (non-hydrogen) atoms. The topological polar surface area (TPSA) is 37.4 Å². The Morgan fingerprint density at radius 1 is 0.867 bits per heavy atom. The minimum absolute atomic E-state index is 0.236. The van der Waals surface area contributed by atoms with E-state index in [1.54, 1.807) is 16.4 Å². The lowest BCUT2D eigenvalue weighted by molar-refractivity contribution is 0.394. The van der Waals surface area contributed by atoms with Crippen LogP contribution in [0, 0.1) is 6.92 Å². The molecular weight excluding hydrogens is 390 g/mol. The number of allylic oxidation sites excluding steroid dienone is 1. The van der Waals surface area contributed by atoms with Crippen molar-refractivity contribution in [1.82, 2.24) is 4.31 Å². The molecule has 3 aromatic rings. The van der Waals surface area contributed by atoms with Gasteiger partial charge in [0.2, 0.25) is 10.0 Å². The minimum Gasteiger partial charge on any atom is -0.207 e. The molecule has 0 amide bonds. The van der Waals surface area contributed by atoms with Gasteiger partial charge in [-0.1, -0.05) is 90.5 Å². The molecule has 0 aliphatic carbocycles. The number of hydrogen-bond acceptors (Lipinski definition) is 2. The predicted molar refractivity (Wildman–Crippen MR) is 122 cm³/mol. The van der Waals surface area contributed by atoms with Crippen LogP contribution < -0.4 is 0 Å². The largest absolute Gasteiger partial charge is 0.243 e. The van der Waals surface area contributed by atoms with E-state index in [-0.39, 0.29) is 5.41 Å². The maximum atomic E-state index is 13.2. The molecule has 1 aliphatic rings. The number of sulfonamides is 1. The fourth-order valence-corrected chi connectivity index (χ4v) is 5.58. The molecule has 3 nitrogen and oxygen atoms in total. The third-order valence-corrected chi connectivity index (χ3v) is 7.80. The highest BCUT2D eigenvalue weighted by Gasteiger charge is 2.34. The van der Waals surface area contributed by atoms with Gasteiger partial charge in [0.15, 0.2) is 0 Å². The molecule has 0 aromatic heterocycles. The summed E-state index contributed by atoms with van der Waals surface area (Å²) < 4.78 is 28.1. The summed E-state index contributed by atoms with van der Waals surface area (Å²) >= 11 is 0. The van der Waals surface area contributed by atoms with Gasteiger partial charge in [0.05, 0.1) is 4.90 Å². The van der Waals surface area contributed by atoms with Crippen LogP contribution in [0.4, 0.5) is 0 Å². The average Bonchev–Trinajstić information content (AvgIpc) is 2.99. The number of rotatable bonds is 5. The van der Waals surface area contributed by atoms with Gasteiger partial charge < -0.3 is 0 Å². The van der Waals surface area contributed by atoms with E-state index in [0.717, 1.165) is 18.4 Å². The molecule has 0 bridgehead atoms. The second-order valence-electron chi connectivity index (χ2n) is 8.01. The maximum absolute atomic E-state index is 13.2. The predicted octanol–water partition coefficient (Wildman–Crippen LogP) is 5.13. The van der Waals surface area contributed by atoms with E-state index in [0.29, 0.717) is 18.0 Å². The Morgan fingerprint density at radius 2 is 1.50 bits per heavy atom. The van der Waals surface area contributed by atoms with Crippen molar-refractivity contribution in [1.29, 1.82) is 0 Å². The molecule has 0 saturated heterocycles. The number of nitrogens with zero attached hydrogens (tertiary/aromatic N) is 1. The van der Waals surface area contributed by atoms with Crippen LogP contribution in [0.15, 0.2) is 102 Å². The smallest absolute Gasteiger partial charge is 0.207 e. The second kappa shape index (κ2) is 8.58. The average molecular weight is 418 g/mol. The molecule has 4 rings (SSSR count). The highest BCUT2D eigenvalue weighted by Crippen LogP contribution is 2.36. The van der Waals surface area contributed by atoms with Gasteiger partial charge in [0, 0.05) is 18.5 Å². The second-order valence-corrected chi connectivity index (χ2v) is 9.95. The van der Waals surface area contributed by atoms with Gasteiger partial charge in [0.25, 0.3) is 0 Å². The Bertz CT molecular complexity index is 1110. The molecule has 1 aliphatic heterocycles. The van der Waals surface area contributed by atoms with Crippen LogP contribution in [-0.4, -0.2) is 25.8 Å². The number of aryl methyl sites for hydroxylation is 1. The zero-order chi connectivity index (χ0) is 21.0. The van der Waals surface area contributed by atoms with E-state index in [1.165, 1.54) is 11.1 Å². The first kappa shape index (κ1) is 20.6. The fraction of sp³-hybridized carbons (Fsp3) is 0.231. The lowest BCUT2D eigenvalue weighted by Gasteiger charge is -2.32. The first-order chi connectivity index (χ1) is 14.5. The molecule has 4 heteroatoms. The summed E-state index contributed by atoms with van der Waals surface area (Å²) in [4.78, 5) is 0.358. The standard InChI is InChI=1S/C26H27NO2S/c1-22-13-15-25(16-14-22)30(28,29)27-19-8-17-26(18-20-27,24-11-6-3-7-12-24)21-23-9-4-2-5-10-23/h2-17H,18-21H2,1H3. The van der Waals surface area contributed by atoms with Crippen LogP contribution in [0.2, 0.25) is 0 Å². The van der Waals surface area contributed by atoms with Crippen molar-refractivity contribution < 1.29 is 8.42 Å².